The quantitative estimate of drug-likeness (QED) is 0.517. The van der Waals surface area contributed by atoms with E-state index in [1.54, 1.807) is 0 Å². The highest BCUT2D eigenvalue weighted by atomic mass is 16.5. The molecule has 0 fully saturated rings. The average Bonchev–Trinajstić information content (AvgIpc) is 2.62. The molecule has 0 aliphatic heterocycles. The first-order chi connectivity index (χ1) is 12.1. The molecule has 0 aromatic heterocycles. The van der Waals surface area contributed by atoms with Crippen LogP contribution in [0.5, 0.6) is 0 Å². The molecule has 132 valence electrons. The first-order valence-electron chi connectivity index (χ1n) is 8.58. The van der Waals surface area contributed by atoms with Gasteiger partial charge in [0, 0.05) is 20.0 Å². The van der Waals surface area contributed by atoms with Gasteiger partial charge in [-0.25, -0.2) is 0 Å². The Morgan fingerprint density at radius 1 is 1.00 bits per heavy atom. The van der Waals surface area contributed by atoms with Gasteiger partial charge in [0.15, 0.2) is 12.4 Å². The standard InChI is InChI=1S/C21H25NO3/c1-3-20(21(16-23)25-17(2)24)22(14-18-10-6-4-7-11-18)15-19-12-8-5-9-13-19/h4-13,16,20-21H,3,14-15H2,1-2H3. The lowest BCUT2D eigenvalue weighted by atomic mass is 10.0. The van der Waals surface area contributed by atoms with E-state index in [4.69, 9.17) is 4.74 Å². The molecule has 0 N–H and O–H groups in total. The molecule has 2 aromatic carbocycles. The smallest absolute Gasteiger partial charge is 0.303 e. The Morgan fingerprint density at radius 2 is 1.48 bits per heavy atom. The Bertz CT molecular complexity index is 616. The van der Waals surface area contributed by atoms with Crippen LogP contribution >= 0.6 is 0 Å². The lowest BCUT2D eigenvalue weighted by molar-refractivity contribution is -0.153. The van der Waals surface area contributed by atoms with E-state index in [1.165, 1.54) is 6.92 Å². The first-order valence-corrected chi connectivity index (χ1v) is 8.58. The van der Waals surface area contributed by atoms with Crippen LogP contribution in [0.3, 0.4) is 0 Å². The minimum atomic E-state index is -0.769. The number of hydrogen-bond acceptors (Lipinski definition) is 4. The first kappa shape index (κ1) is 18.9. The van der Waals surface area contributed by atoms with Crippen molar-refractivity contribution < 1.29 is 14.3 Å². The second-order valence-electron chi connectivity index (χ2n) is 6.06. The fourth-order valence-electron chi connectivity index (χ4n) is 3.01. The lowest BCUT2D eigenvalue weighted by Gasteiger charge is -2.34. The van der Waals surface area contributed by atoms with Crippen molar-refractivity contribution in [3.05, 3.63) is 71.8 Å². The highest BCUT2D eigenvalue weighted by molar-refractivity contribution is 5.70. The Hall–Kier alpha value is -2.46. The van der Waals surface area contributed by atoms with Gasteiger partial charge < -0.3 is 4.74 Å². The molecular formula is C21H25NO3. The molecule has 25 heavy (non-hydrogen) atoms. The summed E-state index contributed by atoms with van der Waals surface area (Å²) in [6, 6.07) is 20.0. The van der Waals surface area contributed by atoms with Crippen LogP contribution in [0.1, 0.15) is 31.4 Å². The van der Waals surface area contributed by atoms with E-state index in [0.717, 1.165) is 17.4 Å². The zero-order valence-corrected chi connectivity index (χ0v) is 14.8. The Kier molecular flexibility index (Phi) is 7.36. The van der Waals surface area contributed by atoms with Crippen LogP contribution in [0.2, 0.25) is 0 Å². The number of carbonyl (C=O) groups is 2. The number of hydrogen-bond donors (Lipinski definition) is 0. The molecule has 0 saturated heterocycles. The van der Waals surface area contributed by atoms with E-state index >= 15 is 0 Å². The third-order valence-electron chi connectivity index (χ3n) is 4.16. The van der Waals surface area contributed by atoms with Crippen LogP contribution in [-0.2, 0) is 27.4 Å². The number of rotatable bonds is 9. The van der Waals surface area contributed by atoms with E-state index in [2.05, 4.69) is 29.2 Å². The van der Waals surface area contributed by atoms with E-state index in [9.17, 15) is 9.59 Å². The molecule has 2 unspecified atom stereocenters. The van der Waals surface area contributed by atoms with Gasteiger partial charge in [-0.05, 0) is 17.5 Å². The highest BCUT2D eigenvalue weighted by Crippen LogP contribution is 2.19. The largest absolute Gasteiger partial charge is 0.453 e. The maximum Gasteiger partial charge on any atom is 0.303 e. The summed E-state index contributed by atoms with van der Waals surface area (Å²) >= 11 is 0. The molecule has 0 saturated carbocycles. The second kappa shape index (κ2) is 9.74. The summed E-state index contributed by atoms with van der Waals surface area (Å²) in [7, 11) is 0. The van der Waals surface area contributed by atoms with Gasteiger partial charge in [0.05, 0.1) is 6.04 Å². The van der Waals surface area contributed by atoms with Gasteiger partial charge in [0.2, 0.25) is 0 Å². The molecule has 0 bridgehead atoms. The van der Waals surface area contributed by atoms with Gasteiger partial charge in [-0.2, -0.15) is 0 Å². The van der Waals surface area contributed by atoms with Crippen LogP contribution in [-0.4, -0.2) is 29.3 Å². The summed E-state index contributed by atoms with van der Waals surface area (Å²) in [6.45, 7) is 4.70. The van der Waals surface area contributed by atoms with Crippen LogP contribution in [0, 0.1) is 0 Å². The summed E-state index contributed by atoms with van der Waals surface area (Å²) in [5.74, 6) is -0.435. The molecular weight excluding hydrogens is 314 g/mol. The van der Waals surface area contributed by atoms with Gasteiger partial charge >= 0.3 is 5.97 Å². The van der Waals surface area contributed by atoms with Crippen molar-refractivity contribution in [1.82, 2.24) is 4.90 Å². The predicted octanol–water partition coefficient (Wildman–Crippen LogP) is 3.60. The lowest BCUT2D eigenvalue weighted by Crippen LogP contribution is -2.45. The number of nitrogens with zero attached hydrogens (tertiary/aromatic N) is 1. The van der Waals surface area contributed by atoms with Crippen molar-refractivity contribution in [2.45, 2.75) is 45.5 Å². The summed E-state index contributed by atoms with van der Waals surface area (Å²) in [4.78, 5) is 25.1. The van der Waals surface area contributed by atoms with E-state index in [-0.39, 0.29) is 6.04 Å². The third kappa shape index (κ3) is 5.84. The molecule has 2 aromatic rings. The third-order valence-corrected chi connectivity index (χ3v) is 4.16. The van der Waals surface area contributed by atoms with E-state index < -0.39 is 12.1 Å². The second-order valence-corrected chi connectivity index (χ2v) is 6.06. The number of ether oxygens (including phenoxy) is 1. The molecule has 0 aliphatic rings. The fourth-order valence-corrected chi connectivity index (χ4v) is 3.01. The van der Waals surface area contributed by atoms with Crippen molar-refractivity contribution in [1.29, 1.82) is 0 Å². The van der Waals surface area contributed by atoms with Crippen LogP contribution in [0.25, 0.3) is 0 Å². The van der Waals surface area contributed by atoms with Crippen molar-refractivity contribution in [3.63, 3.8) is 0 Å². The molecule has 0 radical (unpaired) electrons. The minimum Gasteiger partial charge on any atom is -0.453 e. The van der Waals surface area contributed by atoms with Crippen LogP contribution in [0.15, 0.2) is 60.7 Å². The van der Waals surface area contributed by atoms with Crippen LogP contribution in [0.4, 0.5) is 0 Å². The molecule has 4 heteroatoms. The highest BCUT2D eigenvalue weighted by Gasteiger charge is 2.28. The molecule has 0 heterocycles. The molecule has 0 amide bonds. The van der Waals surface area contributed by atoms with E-state index in [1.807, 2.05) is 43.3 Å². The predicted molar refractivity (Wildman–Crippen MR) is 97.8 cm³/mol. The number of aldehydes is 1. The zero-order chi connectivity index (χ0) is 18.1. The van der Waals surface area contributed by atoms with Gasteiger partial charge in [-0.3, -0.25) is 14.5 Å². The minimum absolute atomic E-state index is 0.179. The molecule has 0 aliphatic carbocycles. The van der Waals surface area contributed by atoms with Gasteiger partial charge in [-0.15, -0.1) is 0 Å². The number of benzene rings is 2. The fraction of sp³-hybridized carbons (Fsp3) is 0.333. The maximum absolute atomic E-state index is 11.5. The average molecular weight is 339 g/mol. The van der Waals surface area contributed by atoms with Crippen molar-refractivity contribution >= 4 is 12.3 Å². The van der Waals surface area contributed by atoms with E-state index in [0.29, 0.717) is 19.5 Å². The Labute approximate surface area is 149 Å². The topological polar surface area (TPSA) is 46.6 Å². The normalized spacial score (nSPS) is 13.2. The van der Waals surface area contributed by atoms with Crippen molar-refractivity contribution in [2.24, 2.45) is 0 Å². The van der Waals surface area contributed by atoms with Crippen molar-refractivity contribution in [2.75, 3.05) is 0 Å². The van der Waals surface area contributed by atoms with Crippen molar-refractivity contribution in [3.8, 4) is 0 Å². The zero-order valence-electron chi connectivity index (χ0n) is 14.8. The number of carbonyl (C=O) groups excluding carboxylic acids is 2. The summed E-state index contributed by atoms with van der Waals surface area (Å²) in [6.07, 6.45) is 0.671. The summed E-state index contributed by atoms with van der Waals surface area (Å²) < 4.78 is 5.26. The van der Waals surface area contributed by atoms with Gasteiger partial charge in [0.25, 0.3) is 0 Å². The molecule has 2 atom stereocenters. The Morgan fingerprint density at radius 3 is 1.84 bits per heavy atom. The Balaban J connectivity index is 2.26. The van der Waals surface area contributed by atoms with Gasteiger partial charge in [0.1, 0.15) is 0 Å². The van der Waals surface area contributed by atoms with Crippen LogP contribution < -0.4 is 0 Å². The monoisotopic (exact) mass is 339 g/mol. The molecule has 4 nitrogen and oxygen atoms in total. The SMILES string of the molecule is CCC(C(C=O)OC(C)=O)N(Cc1ccccc1)Cc1ccccc1. The molecule has 0 spiro atoms. The number of esters is 1. The maximum atomic E-state index is 11.5. The van der Waals surface area contributed by atoms with Gasteiger partial charge in [-0.1, -0.05) is 67.6 Å². The summed E-state index contributed by atoms with van der Waals surface area (Å²) in [5, 5.41) is 0. The molecule has 2 rings (SSSR count). The summed E-state index contributed by atoms with van der Waals surface area (Å²) in [5.41, 5.74) is 2.31.